The molecule has 0 fully saturated rings. The summed E-state index contributed by atoms with van der Waals surface area (Å²) in [5, 5.41) is -1.97. The van der Waals surface area contributed by atoms with Gasteiger partial charge < -0.3 is 9.47 Å². The maximum atomic E-state index is 11.7. The van der Waals surface area contributed by atoms with E-state index < -0.39 is 33.7 Å². The molecule has 0 aliphatic rings. The Hall–Kier alpha value is -1.41. The lowest BCUT2D eigenvalue weighted by Crippen LogP contribution is -2.34. The molecule has 0 amide bonds. The van der Waals surface area contributed by atoms with Crippen LogP contribution in [0.1, 0.15) is 77.6 Å². The average Bonchev–Trinajstić information content (AvgIpc) is 2.61. The Bertz CT molecular complexity index is 528. The van der Waals surface area contributed by atoms with Gasteiger partial charge in [-0.3, -0.25) is 14.1 Å². The van der Waals surface area contributed by atoms with Crippen molar-refractivity contribution >= 4 is 22.1 Å². The van der Waals surface area contributed by atoms with Crippen LogP contribution in [0, 0.1) is 0 Å². The second-order valence-electron chi connectivity index (χ2n) is 6.53. The standard InChI is InChI=1S/C19H34O7S/c1-3-5-6-7-8-9-10-11-12-13-15-25-18(20)16-17(27(22,23)24)19(21)26-14-4-2/h4,17H,2-3,5-16H2,1H3,(H,22,23,24). The molecule has 0 radical (unpaired) electrons. The molecule has 0 saturated carbocycles. The van der Waals surface area contributed by atoms with Crippen molar-refractivity contribution in [3.05, 3.63) is 12.7 Å². The summed E-state index contributed by atoms with van der Waals surface area (Å²) in [6, 6.07) is 0. The van der Waals surface area contributed by atoms with Gasteiger partial charge in [0.05, 0.1) is 13.0 Å². The van der Waals surface area contributed by atoms with Crippen LogP contribution in [-0.4, -0.2) is 43.4 Å². The van der Waals surface area contributed by atoms with Crippen molar-refractivity contribution in [3.63, 3.8) is 0 Å². The SMILES string of the molecule is C=CCOC(=O)C(CC(=O)OCCCCCCCCCCCC)S(=O)(=O)O. The summed E-state index contributed by atoms with van der Waals surface area (Å²) in [7, 11) is -4.75. The molecule has 27 heavy (non-hydrogen) atoms. The first-order valence-corrected chi connectivity index (χ1v) is 11.2. The summed E-state index contributed by atoms with van der Waals surface area (Å²) in [4.78, 5) is 23.3. The van der Waals surface area contributed by atoms with E-state index in [0.717, 1.165) is 19.3 Å². The molecule has 7 nitrogen and oxygen atoms in total. The fourth-order valence-electron chi connectivity index (χ4n) is 2.53. The van der Waals surface area contributed by atoms with Crippen molar-refractivity contribution in [2.45, 2.75) is 82.8 Å². The van der Waals surface area contributed by atoms with Gasteiger partial charge in [-0.1, -0.05) is 77.4 Å². The Morgan fingerprint density at radius 3 is 1.96 bits per heavy atom. The van der Waals surface area contributed by atoms with Crippen LogP contribution < -0.4 is 0 Å². The maximum Gasteiger partial charge on any atom is 0.327 e. The molecule has 0 saturated heterocycles. The third kappa shape index (κ3) is 14.3. The molecule has 8 heteroatoms. The first-order valence-electron chi connectivity index (χ1n) is 9.72. The minimum atomic E-state index is -4.75. The minimum absolute atomic E-state index is 0.162. The smallest absolute Gasteiger partial charge is 0.327 e. The molecule has 0 aromatic rings. The van der Waals surface area contributed by atoms with Crippen LogP contribution in [0.2, 0.25) is 0 Å². The van der Waals surface area contributed by atoms with Crippen molar-refractivity contribution in [2.24, 2.45) is 0 Å². The van der Waals surface area contributed by atoms with Gasteiger partial charge in [-0.05, 0) is 6.42 Å². The Kier molecular flexibility index (Phi) is 14.8. The van der Waals surface area contributed by atoms with E-state index in [1.54, 1.807) is 0 Å². The highest BCUT2D eigenvalue weighted by Crippen LogP contribution is 2.12. The first kappa shape index (κ1) is 25.6. The molecule has 158 valence electrons. The number of carbonyl (C=O) groups is 2. The van der Waals surface area contributed by atoms with Crippen LogP contribution in [0.15, 0.2) is 12.7 Å². The fourth-order valence-corrected chi connectivity index (χ4v) is 3.19. The number of ether oxygens (including phenoxy) is 2. The summed E-state index contributed by atoms with van der Waals surface area (Å²) in [5.41, 5.74) is 0. The zero-order chi connectivity index (χ0) is 20.5. The van der Waals surface area contributed by atoms with E-state index in [9.17, 15) is 18.0 Å². The average molecular weight is 407 g/mol. The third-order valence-electron chi connectivity index (χ3n) is 4.08. The molecule has 1 N–H and O–H groups in total. The van der Waals surface area contributed by atoms with Gasteiger partial charge in [0, 0.05) is 0 Å². The van der Waals surface area contributed by atoms with E-state index in [0.29, 0.717) is 6.42 Å². The second kappa shape index (κ2) is 15.6. The summed E-state index contributed by atoms with van der Waals surface area (Å²) in [6.45, 7) is 5.48. The Balaban J connectivity index is 3.90. The lowest BCUT2D eigenvalue weighted by molar-refractivity contribution is -0.149. The molecule has 0 aliphatic heterocycles. The first-order chi connectivity index (χ1) is 12.8. The monoisotopic (exact) mass is 406 g/mol. The van der Waals surface area contributed by atoms with Crippen LogP contribution in [0.3, 0.4) is 0 Å². The largest absolute Gasteiger partial charge is 0.466 e. The van der Waals surface area contributed by atoms with Crippen LogP contribution in [0.25, 0.3) is 0 Å². The van der Waals surface area contributed by atoms with Crippen molar-refractivity contribution in [1.29, 1.82) is 0 Å². The van der Waals surface area contributed by atoms with E-state index in [1.807, 2.05) is 0 Å². The normalized spacial score (nSPS) is 12.4. The van der Waals surface area contributed by atoms with Gasteiger partial charge in [0.1, 0.15) is 6.61 Å². The van der Waals surface area contributed by atoms with E-state index >= 15 is 0 Å². The number of rotatable bonds is 17. The van der Waals surface area contributed by atoms with Gasteiger partial charge in [-0.15, -0.1) is 0 Å². The highest BCUT2D eigenvalue weighted by Gasteiger charge is 2.35. The predicted molar refractivity (Wildman–Crippen MR) is 104 cm³/mol. The van der Waals surface area contributed by atoms with Gasteiger partial charge in [0.15, 0.2) is 5.25 Å². The van der Waals surface area contributed by atoms with Crippen molar-refractivity contribution in [1.82, 2.24) is 0 Å². The zero-order valence-electron chi connectivity index (χ0n) is 16.4. The summed E-state index contributed by atoms with van der Waals surface area (Å²) < 4.78 is 41.1. The topological polar surface area (TPSA) is 107 Å². The fraction of sp³-hybridized carbons (Fsp3) is 0.789. The maximum absolute atomic E-state index is 11.7. The molecule has 0 aromatic heterocycles. The van der Waals surface area contributed by atoms with Crippen molar-refractivity contribution < 1.29 is 32.0 Å². The number of unbranched alkanes of at least 4 members (excludes halogenated alkanes) is 9. The van der Waals surface area contributed by atoms with Crippen LogP contribution in [-0.2, 0) is 29.2 Å². The second-order valence-corrected chi connectivity index (χ2v) is 8.13. The quantitative estimate of drug-likeness (QED) is 0.169. The van der Waals surface area contributed by atoms with Crippen molar-refractivity contribution in [2.75, 3.05) is 13.2 Å². The number of esters is 2. The molecule has 1 atom stereocenters. The lowest BCUT2D eigenvalue weighted by Gasteiger charge is -2.12. The van der Waals surface area contributed by atoms with E-state index in [2.05, 4.69) is 18.2 Å². The molecular weight excluding hydrogens is 372 g/mol. The van der Waals surface area contributed by atoms with Crippen molar-refractivity contribution in [3.8, 4) is 0 Å². The van der Waals surface area contributed by atoms with Gasteiger partial charge in [-0.2, -0.15) is 8.42 Å². The van der Waals surface area contributed by atoms with Crippen LogP contribution >= 0.6 is 0 Å². The Morgan fingerprint density at radius 1 is 0.963 bits per heavy atom. The predicted octanol–water partition coefficient (Wildman–Crippen LogP) is 3.83. The Labute approximate surface area is 163 Å². The van der Waals surface area contributed by atoms with Crippen LogP contribution in [0.5, 0.6) is 0 Å². The highest BCUT2D eigenvalue weighted by atomic mass is 32.2. The number of carbonyl (C=O) groups excluding carboxylic acids is 2. The molecule has 1 unspecified atom stereocenters. The Morgan fingerprint density at radius 2 is 1.48 bits per heavy atom. The zero-order valence-corrected chi connectivity index (χ0v) is 17.2. The lowest BCUT2D eigenvalue weighted by atomic mass is 10.1. The minimum Gasteiger partial charge on any atom is -0.466 e. The molecule has 0 spiro atoms. The highest BCUT2D eigenvalue weighted by molar-refractivity contribution is 7.87. The molecule has 0 heterocycles. The van der Waals surface area contributed by atoms with E-state index in [4.69, 9.17) is 9.29 Å². The van der Waals surface area contributed by atoms with Gasteiger partial charge in [0.2, 0.25) is 0 Å². The third-order valence-corrected chi connectivity index (χ3v) is 5.16. The summed E-state index contributed by atoms with van der Waals surface area (Å²) in [5.74, 6) is -2.06. The number of hydrogen-bond donors (Lipinski definition) is 1. The molecule has 0 bridgehead atoms. The molecule has 0 rings (SSSR count). The van der Waals surface area contributed by atoms with E-state index in [-0.39, 0.29) is 13.2 Å². The molecule has 0 aromatic carbocycles. The van der Waals surface area contributed by atoms with E-state index in [1.165, 1.54) is 44.6 Å². The number of hydrogen-bond acceptors (Lipinski definition) is 6. The van der Waals surface area contributed by atoms with Gasteiger partial charge in [0.25, 0.3) is 10.1 Å². The van der Waals surface area contributed by atoms with Gasteiger partial charge in [-0.25, -0.2) is 0 Å². The van der Waals surface area contributed by atoms with Crippen LogP contribution in [0.4, 0.5) is 0 Å². The summed E-state index contributed by atoms with van der Waals surface area (Å²) >= 11 is 0. The summed E-state index contributed by atoms with van der Waals surface area (Å²) in [6.07, 6.45) is 11.9. The van der Waals surface area contributed by atoms with Gasteiger partial charge >= 0.3 is 11.9 Å². The molecular formula is C19H34O7S. The molecule has 0 aliphatic carbocycles.